The van der Waals surface area contributed by atoms with Gasteiger partial charge < -0.3 is 9.30 Å². The summed E-state index contributed by atoms with van der Waals surface area (Å²) >= 11 is 0. The van der Waals surface area contributed by atoms with Crippen LogP contribution in [0.5, 0.6) is 5.75 Å². The number of hydrogen-bond donors (Lipinski definition) is 0. The van der Waals surface area contributed by atoms with Crippen molar-refractivity contribution < 1.29 is 4.74 Å². The van der Waals surface area contributed by atoms with E-state index in [4.69, 9.17) is 4.74 Å². The Labute approximate surface area is 113 Å². The molecule has 0 saturated carbocycles. The Balaban J connectivity index is 1.92. The zero-order valence-electron chi connectivity index (χ0n) is 11.3. The molecular formula is C17H17NO. The number of aromatic nitrogens is 1. The molecule has 3 rings (SSSR count). The second-order valence-electron chi connectivity index (χ2n) is 4.84. The first kappa shape index (κ1) is 11.8. The van der Waals surface area contributed by atoms with E-state index in [0.717, 1.165) is 5.75 Å². The molecule has 1 aromatic heterocycles. The number of nitrogens with zero attached hydrogens (tertiary/aromatic N) is 1. The summed E-state index contributed by atoms with van der Waals surface area (Å²) in [6.45, 7) is 2.75. The number of para-hydroxylation sites is 2. The van der Waals surface area contributed by atoms with Gasteiger partial charge in [0.05, 0.1) is 5.52 Å². The van der Waals surface area contributed by atoms with Crippen molar-refractivity contribution >= 4 is 10.9 Å². The molecule has 0 atom stereocenters. The molecule has 0 radical (unpaired) electrons. The molecular weight excluding hydrogens is 234 g/mol. The van der Waals surface area contributed by atoms with Crippen LogP contribution in [0, 0.1) is 6.92 Å². The van der Waals surface area contributed by atoms with Gasteiger partial charge in [-0.15, -0.1) is 0 Å². The number of benzene rings is 2. The van der Waals surface area contributed by atoms with Crippen molar-refractivity contribution in [1.82, 2.24) is 4.57 Å². The van der Waals surface area contributed by atoms with Gasteiger partial charge in [0.15, 0.2) is 0 Å². The maximum atomic E-state index is 5.84. The molecule has 0 unspecified atom stereocenters. The van der Waals surface area contributed by atoms with Crippen LogP contribution in [-0.4, -0.2) is 4.57 Å². The molecule has 0 spiro atoms. The van der Waals surface area contributed by atoms with Gasteiger partial charge in [0.2, 0.25) is 0 Å². The molecule has 2 aromatic carbocycles. The topological polar surface area (TPSA) is 14.2 Å². The lowest BCUT2D eigenvalue weighted by Crippen LogP contribution is -1.94. The lowest BCUT2D eigenvalue weighted by molar-refractivity contribution is 0.307. The van der Waals surface area contributed by atoms with Crippen LogP contribution in [0.1, 0.15) is 11.1 Å². The fourth-order valence-electron chi connectivity index (χ4n) is 2.55. The minimum atomic E-state index is 0.602. The van der Waals surface area contributed by atoms with Gasteiger partial charge in [0.1, 0.15) is 12.4 Å². The maximum Gasteiger partial charge on any atom is 0.119 e. The molecule has 0 N–H and O–H groups in total. The lowest BCUT2D eigenvalue weighted by Gasteiger charge is -2.05. The predicted molar refractivity (Wildman–Crippen MR) is 78.4 cm³/mol. The summed E-state index contributed by atoms with van der Waals surface area (Å²) in [5.41, 5.74) is 3.81. The normalized spacial score (nSPS) is 10.8. The van der Waals surface area contributed by atoms with Gasteiger partial charge in [-0.05, 0) is 24.6 Å². The summed E-state index contributed by atoms with van der Waals surface area (Å²) in [4.78, 5) is 0. The third kappa shape index (κ3) is 2.22. The summed E-state index contributed by atoms with van der Waals surface area (Å²) in [7, 11) is 2.08. The van der Waals surface area contributed by atoms with Crippen molar-refractivity contribution in [3.63, 3.8) is 0 Å². The molecule has 2 nitrogen and oxygen atoms in total. The van der Waals surface area contributed by atoms with Crippen LogP contribution < -0.4 is 4.74 Å². The van der Waals surface area contributed by atoms with E-state index in [-0.39, 0.29) is 0 Å². The van der Waals surface area contributed by atoms with Crippen molar-refractivity contribution in [3.8, 4) is 5.75 Å². The number of rotatable bonds is 3. The first-order valence-corrected chi connectivity index (χ1v) is 6.47. The highest BCUT2D eigenvalue weighted by atomic mass is 16.5. The van der Waals surface area contributed by atoms with Crippen LogP contribution in [0.3, 0.4) is 0 Å². The first-order chi connectivity index (χ1) is 9.25. The predicted octanol–water partition coefficient (Wildman–Crippen LogP) is 4.07. The van der Waals surface area contributed by atoms with E-state index in [2.05, 4.69) is 42.9 Å². The summed E-state index contributed by atoms with van der Waals surface area (Å²) in [6.07, 6.45) is 2.15. The zero-order valence-corrected chi connectivity index (χ0v) is 11.3. The van der Waals surface area contributed by atoms with Crippen molar-refractivity contribution in [3.05, 3.63) is 65.9 Å². The maximum absolute atomic E-state index is 5.84. The molecule has 96 valence electrons. The van der Waals surface area contributed by atoms with Gasteiger partial charge in [-0.1, -0.05) is 36.4 Å². The van der Waals surface area contributed by atoms with Gasteiger partial charge in [-0.3, -0.25) is 0 Å². The smallest absolute Gasteiger partial charge is 0.119 e. The van der Waals surface area contributed by atoms with Crippen LogP contribution in [-0.2, 0) is 13.7 Å². The Morgan fingerprint density at radius 1 is 1.00 bits per heavy atom. The lowest BCUT2D eigenvalue weighted by atomic mass is 10.1. The summed E-state index contributed by atoms with van der Waals surface area (Å²) < 4.78 is 8.01. The Kier molecular flexibility index (Phi) is 3.00. The highest BCUT2D eigenvalue weighted by molar-refractivity contribution is 5.86. The molecule has 3 aromatic rings. The Bertz CT molecular complexity index is 698. The molecule has 0 bridgehead atoms. The minimum absolute atomic E-state index is 0.602. The van der Waals surface area contributed by atoms with E-state index >= 15 is 0 Å². The SMILES string of the molecule is Cc1cccc2c(COc3ccccc3)cn(C)c12. The molecule has 0 aliphatic heterocycles. The highest BCUT2D eigenvalue weighted by Gasteiger charge is 2.08. The van der Waals surface area contributed by atoms with Crippen LogP contribution in [0.25, 0.3) is 10.9 Å². The number of fused-ring (bicyclic) bond motifs is 1. The van der Waals surface area contributed by atoms with Crippen LogP contribution in [0.15, 0.2) is 54.7 Å². The molecule has 19 heavy (non-hydrogen) atoms. The van der Waals surface area contributed by atoms with Gasteiger partial charge in [0.25, 0.3) is 0 Å². The Hall–Kier alpha value is -2.22. The summed E-state index contributed by atoms with van der Waals surface area (Å²) in [5.74, 6) is 0.909. The number of hydrogen-bond acceptors (Lipinski definition) is 1. The molecule has 0 fully saturated rings. The Morgan fingerprint density at radius 2 is 1.79 bits per heavy atom. The van der Waals surface area contributed by atoms with Crippen LogP contribution in [0.4, 0.5) is 0 Å². The van der Waals surface area contributed by atoms with E-state index in [0.29, 0.717) is 6.61 Å². The third-order valence-corrected chi connectivity index (χ3v) is 3.42. The molecule has 0 amide bonds. The first-order valence-electron chi connectivity index (χ1n) is 6.47. The van der Waals surface area contributed by atoms with Crippen LogP contribution in [0.2, 0.25) is 0 Å². The van der Waals surface area contributed by atoms with Crippen molar-refractivity contribution in [1.29, 1.82) is 0 Å². The average Bonchev–Trinajstić information content (AvgIpc) is 2.76. The highest BCUT2D eigenvalue weighted by Crippen LogP contribution is 2.24. The van der Waals surface area contributed by atoms with E-state index in [1.807, 2.05) is 30.3 Å². The van der Waals surface area contributed by atoms with Gasteiger partial charge in [0, 0.05) is 24.2 Å². The van der Waals surface area contributed by atoms with Crippen molar-refractivity contribution in [2.45, 2.75) is 13.5 Å². The minimum Gasteiger partial charge on any atom is -0.489 e. The second kappa shape index (κ2) is 4.81. The summed E-state index contributed by atoms with van der Waals surface area (Å²) in [5, 5.41) is 1.28. The Morgan fingerprint density at radius 3 is 2.58 bits per heavy atom. The molecule has 0 saturated heterocycles. The molecule has 0 aliphatic carbocycles. The monoisotopic (exact) mass is 251 g/mol. The molecule has 2 heteroatoms. The average molecular weight is 251 g/mol. The number of ether oxygens (including phenoxy) is 1. The van der Waals surface area contributed by atoms with E-state index in [1.165, 1.54) is 22.0 Å². The summed E-state index contributed by atoms with van der Waals surface area (Å²) in [6, 6.07) is 16.3. The van der Waals surface area contributed by atoms with Gasteiger partial charge in [-0.25, -0.2) is 0 Å². The zero-order chi connectivity index (χ0) is 13.2. The van der Waals surface area contributed by atoms with Gasteiger partial charge in [-0.2, -0.15) is 0 Å². The largest absolute Gasteiger partial charge is 0.489 e. The standard InChI is InChI=1S/C17H17NO/c1-13-7-6-10-16-14(11-18(2)17(13)16)12-19-15-8-4-3-5-9-15/h3-11H,12H2,1-2H3. The van der Waals surface area contributed by atoms with Crippen molar-refractivity contribution in [2.24, 2.45) is 7.05 Å². The third-order valence-electron chi connectivity index (χ3n) is 3.42. The molecule has 1 heterocycles. The van der Waals surface area contributed by atoms with Crippen molar-refractivity contribution in [2.75, 3.05) is 0 Å². The van der Waals surface area contributed by atoms with Crippen LogP contribution >= 0.6 is 0 Å². The fraction of sp³-hybridized carbons (Fsp3) is 0.176. The van der Waals surface area contributed by atoms with E-state index in [9.17, 15) is 0 Å². The second-order valence-corrected chi connectivity index (χ2v) is 4.84. The number of aryl methyl sites for hydroxylation is 2. The quantitative estimate of drug-likeness (QED) is 0.684. The fourth-order valence-corrected chi connectivity index (χ4v) is 2.55. The van der Waals surface area contributed by atoms with Gasteiger partial charge >= 0.3 is 0 Å². The van der Waals surface area contributed by atoms with E-state index < -0.39 is 0 Å². The van der Waals surface area contributed by atoms with E-state index in [1.54, 1.807) is 0 Å². The molecule has 0 aliphatic rings.